The number of rotatable bonds is 3. The van der Waals surface area contributed by atoms with Crippen LogP contribution in [0.2, 0.25) is 0 Å². The Hall–Kier alpha value is -1.43. The number of amides is 1. The molecule has 1 saturated heterocycles. The Labute approximate surface area is 112 Å². The molecule has 0 aromatic heterocycles. The van der Waals surface area contributed by atoms with Crippen molar-refractivity contribution in [2.75, 3.05) is 11.9 Å². The summed E-state index contributed by atoms with van der Waals surface area (Å²) in [5.41, 5.74) is 15.7. The van der Waals surface area contributed by atoms with E-state index in [0.29, 0.717) is 25.0 Å². The van der Waals surface area contributed by atoms with Crippen LogP contribution in [-0.4, -0.2) is 18.5 Å². The maximum atomic E-state index is 11.3. The van der Waals surface area contributed by atoms with E-state index in [1.807, 2.05) is 6.07 Å². The van der Waals surface area contributed by atoms with Crippen LogP contribution in [0.25, 0.3) is 0 Å². The lowest BCUT2D eigenvalue weighted by atomic mass is 9.95. The minimum atomic E-state index is 0.115. The summed E-state index contributed by atoms with van der Waals surface area (Å²) in [6, 6.07) is 7.10. The number of anilines is 1. The summed E-state index contributed by atoms with van der Waals surface area (Å²) in [4.78, 5) is 11.3. The summed E-state index contributed by atoms with van der Waals surface area (Å²) in [7, 11) is 0. The highest BCUT2D eigenvalue weighted by Crippen LogP contribution is 2.29. The summed E-state index contributed by atoms with van der Waals surface area (Å²) in [5, 5.41) is 2.92. The average molecular weight is 260 g/mol. The molecule has 0 spiro atoms. The first-order chi connectivity index (χ1) is 9.26. The van der Waals surface area contributed by atoms with Gasteiger partial charge in [0.1, 0.15) is 0 Å². The Bertz CT molecular complexity index is 488. The van der Waals surface area contributed by atoms with Crippen LogP contribution in [0.1, 0.15) is 36.4 Å². The molecule has 2 heterocycles. The van der Waals surface area contributed by atoms with E-state index < -0.39 is 0 Å². The molecular formula is C14H20N4O. The number of carbonyl (C=O) groups is 1. The van der Waals surface area contributed by atoms with Gasteiger partial charge in [-0.3, -0.25) is 15.6 Å². The first kappa shape index (κ1) is 12.6. The maximum absolute atomic E-state index is 11.3. The fourth-order valence-corrected chi connectivity index (χ4v) is 2.85. The Kier molecular flexibility index (Phi) is 3.50. The van der Waals surface area contributed by atoms with Crippen molar-refractivity contribution in [1.82, 2.24) is 10.9 Å². The Morgan fingerprint density at radius 1 is 1.26 bits per heavy atom. The van der Waals surface area contributed by atoms with Gasteiger partial charge in [-0.1, -0.05) is 12.1 Å². The largest absolute Gasteiger partial charge is 0.330 e. The van der Waals surface area contributed by atoms with Gasteiger partial charge in [0.2, 0.25) is 5.91 Å². The molecule has 1 fully saturated rings. The number of hydrogen-bond acceptors (Lipinski definition) is 4. The number of aryl methyl sites for hydroxylation is 1. The van der Waals surface area contributed by atoms with Crippen molar-refractivity contribution in [1.29, 1.82) is 0 Å². The predicted octanol–water partition coefficient (Wildman–Crippen LogP) is 0.828. The number of hydrogen-bond donors (Lipinski definition) is 4. The number of fused-ring (bicyclic) bond motifs is 1. The van der Waals surface area contributed by atoms with Crippen molar-refractivity contribution in [2.24, 2.45) is 5.73 Å². The van der Waals surface area contributed by atoms with Gasteiger partial charge in [0.25, 0.3) is 0 Å². The maximum Gasteiger partial charge on any atom is 0.224 e. The SMILES string of the molecule is NCCC1CC(c2ccc3c(c2)CCC(=O)N3)NN1. The quantitative estimate of drug-likeness (QED) is 0.649. The van der Waals surface area contributed by atoms with Crippen LogP contribution in [-0.2, 0) is 11.2 Å². The lowest BCUT2D eigenvalue weighted by molar-refractivity contribution is -0.116. The third-order valence-corrected chi connectivity index (χ3v) is 3.92. The van der Waals surface area contributed by atoms with Crippen molar-refractivity contribution in [3.63, 3.8) is 0 Å². The third-order valence-electron chi connectivity index (χ3n) is 3.92. The molecular weight excluding hydrogens is 240 g/mol. The van der Waals surface area contributed by atoms with E-state index in [9.17, 15) is 4.79 Å². The average Bonchev–Trinajstić information content (AvgIpc) is 2.87. The third kappa shape index (κ3) is 2.63. The van der Waals surface area contributed by atoms with Gasteiger partial charge in [-0.05, 0) is 43.0 Å². The molecule has 19 heavy (non-hydrogen) atoms. The number of benzene rings is 1. The standard InChI is InChI=1S/C14H20N4O/c15-6-5-11-8-13(18-17-11)10-1-3-12-9(7-10)2-4-14(19)16-12/h1,3,7,11,13,17-18H,2,4-6,8,15H2,(H,16,19). The molecule has 0 bridgehead atoms. The van der Waals surface area contributed by atoms with Gasteiger partial charge in [0.05, 0.1) is 0 Å². The van der Waals surface area contributed by atoms with Gasteiger partial charge < -0.3 is 11.1 Å². The van der Waals surface area contributed by atoms with Crippen LogP contribution < -0.4 is 21.9 Å². The van der Waals surface area contributed by atoms with Crippen LogP contribution >= 0.6 is 0 Å². The zero-order chi connectivity index (χ0) is 13.2. The normalized spacial score (nSPS) is 26.1. The summed E-state index contributed by atoms with van der Waals surface area (Å²) in [6.07, 6.45) is 3.47. The first-order valence-electron chi connectivity index (χ1n) is 6.90. The fraction of sp³-hybridized carbons (Fsp3) is 0.500. The van der Waals surface area contributed by atoms with E-state index in [0.717, 1.165) is 24.9 Å². The zero-order valence-corrected chi connectivity index (χ0v) is 10.9. The lowest BCUT2D eigenvalue weighted by Crippen LogP contribution is -2.32. The Morgan fingerprint density at radius 3 is 3.00 bits per heavy atom. The first-order valence-corrected chi connectivity index (χ1v) is 6.90. The molecule has 1 aromatic rings. The van der Waals surface area contributed by atoms with E-state index >= 15 is 0 Å². The highest BCUT2D eigenvalue weighted by atomic mass is 16.1. The molecule has 2 aliphatic heterocycles. The van der Waals surface area contributed by atoms with Gasteiger partial charge in [-0.15, -0.1) is 0 Å². The van der Waals surface area contributed by atoms with Crippen molar-refractivity contribution in [3.8, 4) is 0 Å². The number of nitrogens with one attached hydrogen (secondary N) is 3. The molecule has 5 heteroatoms. The van der Waals surface area contributed by atoms with Gasteiger partial charge in [-0.25, -0.2) is 0 Å². The van der Waals surface area contributed by atoms with Crippen molar-refractivity contribution >= 4 is 11.6 Å². The summed E-state index contributed by atoms with van der Waals surface area (Å²) >= 11 is 0. The van der Waals surface area contributed by atoms with E-state index in [4.69, 9.17) is 5.73 Å². The Morgan fingerprint density at radius 2 is 2.16 bits per heavy atom. The van der Waals surface area contributed by atoms with Gasteiger partial charge in [-0.2, -0.15) is 0 Å². The minimum absolute atomic E-state index is 0.115. The predicted molar refractivity (Wildman–Crippen MR) is 74.5 cm³/mol. The van der Waals surface area contributed by atoms with Crippen LogP contribution in [0.3, 0.4) is 0 Å². The van der Waals surface area contributed by atoms with Crippen molar-refractivity contribution in [2.45, 2.75) is 37.8 Å². The van der Waals surface area contributed by atoms with E-state index in [1.54, 1.807) is 0 Å². The molecule has 5 N–H and O–H groups in total. The van der Waals surface area contributed by atoms with E-state index in [-0.39, 0.29) is 5.91 Å². The van der Waals surface area contributed by atoms with Crippen molar-refractivity contribution < 1.29 is 4.79 Å². The second kappa shape index (κ2) is 5.28. The van der Waals surface area contributed by atoms with E-state index in [1.165, 1.54) is 11.1 Å². The lowest BCUT2D eigenvalue weighted by Gasteiger charge is -2.19. The molecule has 102 valence electrons. The summed E-state index contributed by atoms with van der Waals surface area (Å²) < 4.78 is 0. The second-order valence-electron chi connectivity index (χ2n) is 5.32. The monoisotopic (exact) mass is 260 g/mol. The van der Waals surface area contributed by atoms with Crippen LogP contribution in [0.15, 0.2) is 18.2 Å². The molecule has 5 nitrogen and oxygen atoms in total. The van der Waals surface area contributed by atoms with Crippen LogP contribution in [0.5, 0.6) is 0 Å². The second-order valence-corrected chi connectivity index (χ2v) is 5.32. The highest BCUT2D eigenvalue weighted by molar-refractivity contribution is 5.93. The molecule has 1 amide bonds. The summed E-state index contributed by atoms with van der Waals surface area (Å²) in [5.74, 6) is 0.115. The van der Waals surface area contributed by atoms with Gasteiger partial charge in [0.15, 0.2) is 0 Å². The molecule has 3 rings (SSSR count). The van der Waals surface area contributed by atoms with Gasteiger partial charge >= 0.3 is 0 Å². The molecule has 0 radical (unpaired) electrons. The Balaban J connectivity index is 1.74. The smallest absolute Gasteiger partial charge is 0.224 e. The molecule has 1 aromatic carbocycles. The van der Waals surface area contributed by atoms with Crippen molar-refractivity contribution in [3.05, 3.63) is 29.3 Å². The molecule has 2 aliphatic rings. The van der Waals surface area contributed by atoms with Crippen LogP contribution in [0, 0.1) is 0 Å². The van der Waals surface area contributed by atoms with Gasteiger partial charge in [0, 0.05) is 24.2 Å². The topological polar surface area (TPSA) is 79.2 Å². The van der Waals surface area contributed by atoms with Crippen LogP contribution in [0.4, 0.5) is 5.69 Å². The van der Waals surface area contributed by atoms with E-state index in [2.05, 4.69) is 28.3 Å². The minimum Gasteiger partial charge on any atom is -0.330 e. The number of hydrazine groups is 1. The zero-order valence-electron chi connectivity index (χ0n) is 10.9. The summed E-state index contributed by atoms with van der Waals surface area (Å²) in [6.45, 7) is 0.711. The molecule has 2 atom stereocenters. The fourth-order valence-electron chi connectivity index (χ4n) is 2.85. The molecule has 0 saturated carbocycles. The molecule has 0 aliphatic carbocycles. The number of carbonyl (C=O) groups excluding carboxylic acids is 1. The number of nitrogens with two attached hydrogens (primary N) is 1. The highest BCUT2D eigenvalue weighted by Gasteiger charge is 2.25. The molecule has 2 unspecified atom stereocenters.